The van der Waals surface area contributed by atoms with Gasteiger partial charge in [-0.05, 0) is 32.8 Å². The van der Waals surface area contributed by atoms with Crippen LogP contribution in [0.15, 0.2) is 6.07 Å². The van der Waals surface area contributed by atoms with Gasteiger partial charge >= 0.3 is 0 Å². The minimum Gasteiger partial charge on any atom is -0.344 e. The zero-order chi connectivity index (χ0) is 14.6. The summed E-state index contributed by atoms with van der Waals surface area (Å²) in [5.41, 5.74) is 1.89. The number of rotatable bonds is 5. The Morgan fingerprint density at radius 2 is 2.00 bits per heavy atom. The minimum absolute atomic E-state index is 0.0405. The maximum Gasteiger partial charge on any atom is 0.244 e. The van der Waals surface area contributed by atoms with Gasteiger partial charge in [0.25, 0.3) is 0 Å². The lowest BCUT2D eigenvalue weighted by Gasteiger charge is -2.21. The molecular weight excluding hydrogens is 240 g/mol. The maximum atomic E-state index is 12.0. The summed E-state index contributed by atoms with van der Waals surface area (Å²) in [6.07, 6.45) is 0. The number of likely N-dealkylation sites (N-methyl/N-ethyl adjacent to an activating group) is 1. The van der Waals surface area contributed by atoms with E-state index in [2.05, 4.69) is 29.1 Å². The van der Waals surface area contributed by atoms with E-state index in [0.717, 1.165) is 11.4 Å². The first kappa shape index (κ1) is 15.4. The summed E-state index contributed by atoms with van der Waals surface area (Å²) in [5.74, 6) is 0.902. The summed E-state index contributed by atoms with van der Waals surface area (Å²) < 4.78 is 0. The molecule has 1 aromatic heterocycles. The van der Waals surface area contributed by atoms with Gasteiger partial charge in [0.2, 0.25) is 11.9 Å². The molecule has 5 heteroatoms. The summed E-state index contributed by atoms with van der Waals surface area (Å²) in [6.45, 7) is 10.6. The second-order valence-electron chi connectivity index (χ2n) is 5.13. The number of nitrogens with zero attached hydrogens (tertiary/aromatic N) is 3. The SMILES string of the molecule is CCN(C)C(=O)C(C)Nc1nc(C)cc(C(C)C)n1. The summed E-state index contributed by atoms with van der Waals surface area (Å²) in [6, 6.07) is 1.65. The first-order valence-electron chi connectivity index (χ1n) is 6.72. The van der Waals surface area contributed by atoms with E-state index in [4.69, 9.17) is 0 Å². The standard InChI is InChI=1S/C14H24N4O/c1-7-18(6)13(19)11(5)16-14-15-10(4)8-12(17-14)9(2)3/h8-9,11H,7H2,1-6H3,(H,15,16,17). The fourth-order valence-corrected chi connectivity index (χ4v) is 1.70. The van der Waals surface area contributed by atoms with Gasteiger partial charge in [0.05, 0.1) is 0 Å². The number of hydrogen-bond donors (Lipinski definition) is 1. The van der Waals surface area contributed by atoms with Crippen molar-refractivity contribution < 1.29 is 4.79 Å². The molecule has 106 valence electrons. The summed E-state index contributed by atoms with van der Waals surface area (Å²) in [7, 11) is 1.79. The number of hydrogen-bond acceptors (Lipinski definition) is 4. The molecule has 0 bridgehead atoms. The normalized spacial score (nSPS) is 12.4. The molecule has 1 aromatic rings. The predicted molar refractivity (Wildman–Crippen MR) is 77.3 cm³/mol. The van der Waals surface area contributed by atoms with Crippen LogP contribution in [0.4, 0.5) is 5.95 Å². The number of carbonyl (C=O) groups is 1. The highest BCUT2D eigenvalue weighted by molar-refractivity contribution is 5.83. The van der Waals surface area contributed by atoms with Gasteiger partial charge in [-0.2, -0.15) is 0 Å². The van der Waals surface area contributed by atoms with Gasteiger partial charge < -0.3 is 10.2 Å². The molecule has 5 nitrogen and oxygen atoms in total. The van der Waals surface area contributed by atoms with Crippen molar-refractivity contribution in [1.29, 1.82) is 0 Å². The molecule has 0 saturated carbocycles. The van der Waals surface area contributed by atoms with E-state index in [0.29, 0.717) is 18.4 Å². The molecule has 1 heterocycles. The lowest BCUT2D eigenvalue weighted by atomic mass is 10.1. The van der Waals surface area contributed by atoms with E-state index in [1.807, 2.05) is 26.8 Å². The monoisotopic (exact) mass is 264 g/mol. The van der Waals surface area contributed by atoms with E-state index in [1.165, 1.54) is 0 Å². The van der Waals surface area contributed by atoms with E-state index >= 15 is 0 Å². The smallest absolute Gasteiger partial charge is 0.244 e. The van der Waals surface area contributed by atoms with Crippen molar-refractivity contribution in [3.63, 3.8) is 0 Å². The van der Waals surface area contributed by atoms with Crippen LogP contribution in [0.1, 0.15) is 45.0 Å². The average molecular weight is 264 g/mol. The van der Waals surface area contributed by atoms with Gasteiger partial charge in [0.15, 0.2) is 0 Å². The zero-order valence-electron chi connectivity index (χ0n) is 12.7. The fraction of sp³-hybridized carbons (Fsp3) is 0.643. The molecule has 1 amide bonds. The van der Waals surface area contributed by atoms with Crippen LogP contribution in [0.5, 0.6) is 0 Å². The molecule has 0 aliphatic heterocycles. The van der Waals surface area contributed by atoms with Crippen molar-refractivity contribution in [3.8, 4) is 0 Å². The molecule has 1 N–H and O–H groups in total. The van der Waals surface area contributed by atoms with Gasteiger partial charge in [0.1, 0.15) is 6.04 Å². The molecule has 0 saturated heterocycles. The Labute approximate surface area is 115 Å². The van der Waals surface area contributed by atoms with Gasteiger partial charge in [-0.3, -0.25) is 4.79 Å². The maximum absolute atomic E-state index is 12.0. The van der Waals surface area contributed by atoms with Crippen LogP contribution < -0.4 is 5.32 Å². The lowest BCUT2D eigenvalue weighted by Crippen LogP contribution is -2.39. The summed E-state index contributed by atoms with van der Waals surface area (Å²) >= 11 is 0. The highest BCUT2D eigenvalue weighted by Crippen LogP contribution is 2.15. The molecule has 19 heavy (non-hydrogen) atoms. The van der Waals surface area contributed by atoms with Crippen molar-refractivity contribution in [1.82, 2.24) is 14.9 Å². The third kappa shape index (κ3) is 4.19. The van der Waals surface area contributed by atoms with Crippen molar-refractivity contribution in [2.24, 2.45) is 0 Å². The Bertz CT molecular complexity index is 445. The first-order valence-corrected chi connectivity index (χ1v) is 6.72. The minimum atomic E-state index is -0.327. The summed E-state index contributed by atoms with van der Waals surface area (Å²) in [4.78, 5) is 22.4. The molecule has 1 atom stereocenters. The fourth-order valence-electron chi connectivity index (χ4n) is 1.70. The highest BCUT2D eigenvalue weighted by Gasteiger charge is 2.17. The molecule has 0 aromatic carbocycles. The van der Waals surface area contributed by atoms with Crippen LogP contribution in [0.25, 0.3) is 0 Å². The number of amides is 1. The lowest BCUT2D eigenvalue weighted by molar-refractivity contribution is -0.130. The molecule has 0 spiro atoms. The molecule has 0 aliphatic rings. The quantitative estimate of drug-likeness (QED) is 0.885. The predicted octanol–water partition coefficient (Wildman–Crippen LogP) is 2.19. The Hall–Kier alpha value is -1.65. The Kier molecular flexibility index (Phi) is 5.27. The number of aryl methyl sites for hydroxylation is 1. The van der Waals surface area contributed by atoms with E-state index in [9.17, 15) is 4.79 Å². The van der Waals surface area contributed by atoms with Crippen molar-refractivity contribution >= 4 is 11.9 Å². The van der Waals surface area contributed by atoms with Gasteiger partial charge in [-0.15, -0.1) is 0 Å². The average Bonchev–Trinajstić information content (AvgIpc) is 2.35. The van der Waals surface area contributed by atoms with Gasteiger partial charge in [-0.1, -0.05) is 13.8 Å². The van der Waals surface area contributed by atoms with Crippen LogP contribution in [0.2, 0.25) is 0 Å². The number of aromatic nitrogens is 2. The Morgan fingerprint density at radius 3 is 2.53 bits per heavy atom. The van der Waals surface area contributed by atoms with Crippen LogP contribution in [-0.2, 0) is 4.79 Å². The Morgan fingerprint density at radius 1 is 1.37 bits per heavy atom. The molecule has 0 radical (unpaired) electrons. The number of carbonyl (C=O) groups excluding carboxylic acids is 1. The van der Waals surface area contributed by atoms with E-state index in [1.54, 1.807) is 11.9 Å². The van der Waals surface area contributed by atoms with Crippen molar-refractivity contribution in [2.75, 3.05) is 18.9 Å². The molecule has 1 rings (SSSR count). The van der Waals surface area contributed by atoms with E-state index < -0.39 is 0 Å². The Balaban J connectivity index is 2.84. The van der Waals surface area contributed by atoms with Gasteiger partial charge in [-0.25, -0.2) is 9.97 Å². The zero-order valence-corrected chi connectivity index (χ0v) is 12.7. The third-order valence-corrected chi connectivity index (χ3v) is 3.03. The van der Waals surface area contributed by atoms with Crippen LogP contribution in [0.3, 0.4) is 0 Å². The molecule has 1 unspecified atom stereocenters. The summed E-state index contributed by atoms with van der Waals surface area (Å²) in [5, 5.41) is 3.08. The van der Waals surface area contributed by atoms with Crippen LogP contribution >= 0.6 is 0 Å². The first-order chi connectivity index (χ1) is 8.85. The number of nitrogens with one attached hydrogen (secondary N) is 1. The second kappa shape index (κ2) is 6.50. The molecular formula is C14H24N4O. The second-order valence-corrected chi connectivity index (χ2v) is 5.13. The third-order valence-electron chi connectivity index (χ3n) is 3.03. The largest absolute Gasteiger partial charge is 0.344 e. The van der Waals surface area contributed by atoms with Crippen LogP contribution in [-0.4, -0.2) is 40.4 Å². The number of anilines is 1. The van der Waals surface area contributed by atoms with E-state index in [-0.39, 0.29) is 11.9 Å². The molecule has 0 aliphatic carbocycles. The highest BCUT2D eigenvalue weighted by atomic mass is 16.2. The van der Waals surface area contributed by atoms with Crippen molar-refractivity contribution in [2.45, 2.75) is 46.6 Å². The van der Waals surface area contributed by atoms with Crippen LogP contribution in [0, 0.1) is 6.92 Å². The molecule has 0 fully saturated rings. The topological polar surface area (TPSA) is 58.1 Å². The van der Waals surface area contributed by atoms with Crippen molar-refractivity contribution in [3.05, 3.63) is 17.5 Å². The van der Waals surface area contributed by atoms with Gasteiger partial charge in [0, 0.05) is 25.0 Å².